The summed E-state index contributed by atoms with van der Waals surface area (Å²) >= 11 is 5.04. The fourth-order valence-corrected chi connectivity index (χ4v) is 2.24. The second-order valence-electron chi connectivity index (χ2n) is 4.96. The van der Waals surface area contributed by atoms with E-state index in [-0.39, 0.29) is 5.91 Å². The van der Waals surface area contributed by atoms with E-state index in [2.05, 4.69) is 15.5 Å². The maximum atomic E-state index is 11.9. The van der Waals surface area contributed by atoms with Crippen LogP contribution in [0.15, 0.2) is 24.3 Å². The molecule has 0 saturated heterocycles. The number of nitrogens with one attached hydrogen (secondary N) is 2. The molecule has 7 heteroatoms. The molecule has 0 aliphatic carbocycles. The Hall–Kier alpha value is -2.15. The Balaban J connectivity index is 1.74. The van der Waals surface area contributed by atoms with Gasteiger partial charge in [-0.2, -0.15) is 5.10 Å². The smallest absolute Gasteiger partial charge is 0.220 e. The second kappa shape index (κ2) is 7.74. The Morgan fingerprint density at radius 3 is 2.95 bits per heavy atom. The van der Waals surface area contributed by atoms with Crippen LogP contribution >= 0.6 is 12.2 Å². The third kappa shape index (κ3) is 4.42. The monoisotopic (exact) mass is 320 g/mol. The number of aryl methyl sites for hydroxylation is 1. The van der Waals surface area contributed by atoms with Gasteiger partial charge in [-0.15, -0.1) is 0 Å². The number of carbonyl (C=O) groups excluding carboxylic acids is 1. The fraction of sp³-hybridized carbons (Fsp3) is 0.400. The summed E-state index contributed by atoms with van der Waals surface area (Å²) in [5, 5.41) is 9.72. The van der Waals surface area contributed by atoms with Crippen LogP contribution in [0.25, 0.3) is 0 Å². The van der Waals surface area contributed by atoms with Gasteiger partial charge in [0.05, 0.1) is 7.11 Å². The first-order chi connectivity index (χ1) is 10.6. The van der Waals surface area contributed by atoms with E-state index in [0.717, 1.165) is 17.1 Å². The fourth-order valence-electron chi connectivity index (χ4n) is 2.09. The number of aromatic amines is 1. The zero-order valence-electron chi connectivity index (χ0n) is 12.8. The summed E-state index contributed by atoms with van der Waals surface area (Å²) in [7, 11) is 3.49. The lowest BCUT2D eigenvalue weighted by atomic mass is 10.1. The molecule has 1 heterocycles. The number of H-pyrrole nitrogens is 1. The topological polar surface area (TPSA) is 71.9 Å². The lowest BCUT2D eigenvalue weighted by molar-refractivity contribution is -0.121. The highest BCUT2D eigenvalue weighted by Gasteiger charge is 2.05. The minimum atomic E-state index is 0.0274. The van der Waals surface area contributed by atoms with Crippen molar-refractivity contribution in [3.63, 3.8) is 0 Å². The highest BCUT2D eigenvalue weighted by molar-refractivity contribution is 7.71. The molecular weight excluding hydrogens is 300 g/mol. The first-order valence-electron chi connectivity index (χ1n) is 7.10. The van der Waals surface area contributed by atoms with Crippen molar-refractivity contribution in [3.05, 3.63) is 40.4 Å². The van der Waals surface area contributed by atoms with Crippen LogP contribution in [-0.2, 0) is 24.7 Å². The van der Waals surface area contributed by atoms with Crippen molar-refractivity contribution in [3.8, 4) is 5.75 Å². The zero-order valence-corrected chi connectivity index (χ0v) is 13.6. The molecule has 0 spiro atoms. The minimum absolute atomic E-state index is 0.0274. The molecule has 2 aromatic rings. The first kappa shape index (κ1) is 16.2. The average molecular weight is 320 g/mol. The molecule has 0 saturated carbocycles. The number of ether oxygens (including phenoxy) is 1. The SMILES string of the molecule is COc1cccc(CCC(=O)NCCc2n[nH]c(=S)n2C)c1. The van der Waals surface area contributed by atoms with Gasteiger partial charge in [-0.25, -0.2) is 0 Å². The summed E-state index contributed by atoms with van der Waals surface area (Å²) in [6, 6.07) is 7.75. The van der Waals surface area contributed by atoms with Gasteiger partial charge in [0, 0.05) is 26.4 Å². The van der Waals surface area contributed by atoms with E-state index < -0.39 is 0 Å². The summed E-state index contributed by atoms with van der Waals surface area (Å²) in [6.45, 7) is 0.546. The van der Waals surface area contributed by atoms with Crippen LogP contribution in [0.5, 0.6) is 5.75 Å². The molecule has 0 aliphatic heterocycles. The number of amides is 1. The Morgan fingerprint density at radius 2 is 2.27 bits per heavy atom. The van der Waals surface area contributed by atoms with Crippen LogP contribution in [0.4, 0.5) is 0 Å². The molecule has 1 aromatic heterocycles. The third-order valence-corrected chi connectivity index (χ3v) is 3.78. The molecule has 0 aliphatic rings. The van der Waals surface area contributed by atoms with Gasteiger partial charge in [-0.3, -0.25) is 9.89 Å². The molecule has 1 aromatic carbocycles. The summed E-state index contributed by atoms with van der Waals surface area (Å²) in [4.78, 5) is 11.9. The molecule has 2 rings (SSSR count). The van der Waals surface area contributed by atoms with Crippen molar-refractivity contribution in [2.75, 3.05) is 13.7 Å². The van der Waals surface area contributed by atoms with Crippen LogP contribution in [0.2, 0.25) is 0 Å². The minimum Gasteiger partial charge on any atom is -0.497 e. The Bertz CT molecular complexity index is 693. The number of methoxy groups -OCH3 is 1. The van der Waals surface area contributed by atoms with E-state index in [4.69, 9.17) is 17.0 Å². The first-order valence-corrected chi connectivity index (χ1v) is 7.51. The van der Waals surface area contributed by atoms with Crippen molar-refractivity contribution < 1.29 is 9.53 Å². The summed E-state index contributed by atoms with van der Waals surface area (Å²) in [5.74, 6) is 1.67. The van der Waals surface area contributed by atoms with Crippen molar-refractivity contribution >= 4 is 18.1 Å². The van der Waals surface area contributed by atoms with Crippen LogP contribution in [0.1, 0.15) is 17.8 Å². The molecule has 2 N–H and O–H groups in total. The summed E-state index contributed by atoms with van der Waals surface area (Å²) in [6.07, 6.45) is 1.79. The van der Waals surface area contributed by atoms with Crippen LogP contribution in [-0.4, -0.2) is 34.3 Å². The largest absolute Gasteiger partial charge is 0.497 e. The molecular formula is C15H20N4O2S. The molecule has 0 atom stereocenters. The zero-order chi connectivity index (χ0) is 15.9. The van der Waals surface area contributed by atoms with Gasteiger partial charge in [0.25, 0.3) is 0 Å². The highest BCUT2D eigenvalue weighted by Crippen LogP contribution is 2.13. The third-order valence-electron chi connectivity index (χ3n) is 3.42. The number of aromatic nitrogens is 3. The Kier molecular flexibility index (Phi) is 5.71. The van der Waals surface area contributed by atoms with Gasteiger partial charge in [0.2, 0.25) is 5.91 Å². The number of benzene rings is 1. The number of hydrogen-bond acceptors (Lipinski definition) is 4. The van der Waals surface area contributed by atoms with Crippen molar-refractivity contribution in [2.45, 2.75) is 19.3 Å². The summed E-state index contributed by atoms with van der Waals surface area (Å²) in [5.41, 5.74) is 1.09. The van der Waals surface area contributed by atoms with Crippen molar-refractivity contribution in [2.24, 2.45) is 7.05 Å². The van der Waals surface area contributed by atoms with Gasteiger partial charge in [0.15, 0.2) is 4.77 Å². The number of rotatable bonds is 7. The van der Waals surface area contributed by atoms with E-state index in [9.17, 15) is 4.79 Å². The van der Waals surface area contributed by atoms with Gasteiger partial charge < -0.3 is 14.6 Å². The molecule has 0 radical (unpaired) electrons. The maximum absolute atomic E-state index is 11.9. The van der Waals surface area contributed by atoms with E-state index >= 15 is 0 Å². The average Bonchev–Trinajstić information content (AvgIpc) is 2.85. The number of nitrogens with zero attached hydrogens (tertiary/aromatic N) is 2. The summed E-state index contributed by atoms with van der Waals surface area (Å²) < 4.78 is 7.55. The van der Waals surface area contributed by atoms with E-state index in [1.807, 2.05) is 31.3 Å². The second-order valence-corrected chi connectivity index (χ2v) is 5.34. The lowest BCUT2D eigenvalue weighted by Crippen LogP contribution is -2.26. The van der Waals surface area contributed by atoms with Crippen molar-refractivity contribution in [1.82, 2.24) is 20.1 Å². The highest BCUT2D eigenvalue weighted by atomic mass is 32.1. The quantitative estimate of drug-likeness (QED) is 0.763. The van der Waals surface area contributed by atoms with Crippen LogP contribution in [0.3, 0.4) is 0 Å². The standard InChI is InChI=1S/C15H20N4O2S/c1-19-13(17-18-15(19)22)8-9-16-14(20)7-6-11-4-3-5-12(10-11)21-2/h3-5,10H,6-9H2,1-2H3,(H,16,20)(H,18,22). The van der Waals surface area contributed by atoms with Crippen LogP contribution in [0, 0.1) is 4.77 Å². The number of carbonyl (C=O) groups is 1. The lowest BCUT2D eigenvalue weighted by Gasteiger charge is -2.06. The molecule has 1 amide bonds. The van der Waals surface area contributed by atoms with E-state index in [0.29, 0.717) is 30.6 Å². The Morgan fingerprint density at radius 1 is 1.45 bits per heavy atom. The molecule has 22 heavy (non-hydrogen) atoms. The molecule has 0 bridgehead atoms. The van der Waals surface area contributed by atoms with Crippen LogP contribution < -0.4 is 10.1 Å². The van der Waals surface area contributed by atoms with E-state index in [1.54, 1.807) is 11.7 Å². The van der Waals surface area contributed by atoms with Gasteiger partial charge in [0.1, 0.15) is 11.6 Å². The number of hydrogen-bond donors (Lipinski definition) is 2. The molecule has 6 nitrogen and oxygen atoms in total. The van der Waals surface area contributed by atoms with E-state index in [1.165, 1.54) is 0 Å². The predicted octanol–water partition coefficient (Wildman–Crippen LogP) is 1.78. The normalized spacial score (nSPS) is 10.5. The Labute approximate surface area is 134 Å². The van der Waals surface area contributed by atoms with Gasteiger partial charge >= 0.3 is 0 Å². The maximum Gasteiger partial charge on any atom is 0.220 e. The van der Waals surface area contributed by atoms with Gasteiger partial charge in [-0.05, 0) is 36.3 Å². The predicted molar refractivity (Wildman–Crippen MR) is 86.4 cm³/mol. The van der Waals surface area contributed by atoms with Gasteiger partial charge in [-0.1, -0.05) is 12.1 Å². The molecule has 0 unspecified atom stereocenters. The van der Waals surface area contributed by atoms with Crippen molar-refractivity contribution in [1.29, 1.82) is 0 Å². The molecule has 118 valence electrons. The molecule has 0 fully saturated rings.